The van der Waals surface area contributed by atoms with Crippen LogP contribution in [0, 0.1) is 10.1 Å². The third kappa shape index (κ3) is 6.60. The fraction of sp³-hybridized carbons (Fsp3) is 0.381. The number of thiocarbonyl (C=S) groups is 1. The van der Waals surface area contributed by atoms with E-state index in [0.29, 0.717) is 29.7 Å². The van der Waals surface area contributed by atoms with E-state index < -0.39 is 4.92 Å². The van der Waals surface area contributed by atoms with Crippen LogP contribution >= 0.6 is 12.2 Å². The van der Waals surface area contributed by atoms with Gasteiger partial charge in [0.2, 0.25) is 0 Å². The van der Waals surface area contributed by atoms with E-state index in [1.54, 1.807) is 19.2 Å². The Morgan fingerprint density at radius 3 is 2.45 bits per heavy atom. The van der Waals surface area contributed by atoms with Crippen molar-refractivity contribution in [2.24, 2.45) is 0 Å². The molecule has 0 aliphatic carbocycles. The van der Waals surface area contributed by atoms with Gasteiger partial charge in [-0.2, -0.15) is 0 Å². The molecular weight excluding hydrogens is 390 g/mol. The highest BCUT2D eigenvalue weighted by Gasteiger charge is 2.13. The van der Waals surface area contributed by atoms with Gasteiger partial charge in [-0.3, -0.25) is 10.1 Å². The maximum Gasteiger partial charge on any atom is 0.269 e. The molecule has 2 aromatic carbocycles. The molecular formula is C21H27N3O4S. The summed E-state index contributed by atoms with van der Waals surface area (Å²) in [6.45, 7) is 6.17. The number of rotatable bonds is 10. The van der Waals surface area contributed by atoms with Crippen molar-refractivity contribution in [1.82, 2.24) is 4.90 Å². The second-order valence-electron chi connectivity index (χ2n) is 6.49. The number of nitro benzene ring substituents is 1. The van der Waals surface area contributed by atoms with E-state index in [-0.39, 0.29) is 5.69 Å². The zero-order chi connectivity index (χ0) is 21.2. The number of non-ortho nitro benzene ring substituents is 1. The molecule has 156 valence electrons. The first-order valence-electron chi connectivity index (χ1n) is 9.58. The average molecular weight is 418 g/mol. The smallest absolute Gasteiger partial charge is 0.269 e. The Morgan fingerprint density at radius 2 is 1.86 bits per heavy atom. The average Bonchev–Trinajstić information content (AvgIpc) is 2.72. The molecule has 29 heavy (non-hydrogen) atoms. The van der Waals surface area contributed by atoms with Gasteiger partial charge in [-0.1, -0.05) is 19.9 Å². The van der Waals surface area contributed by atoms with E-state index in [4.69, 9.17) is 21.7 Å². The largest absolute Gasteiger partial charge is 0.493 e. The molecule has 0 saturated carbocycles. The third-order valence-corrected chi connectivity index (χ3v) is 4.53. The van der Waals surface area contributed by atoms with Crippen LogP contribution in [-0.2, 0) is 6.54 Å². The van der Waals surface area contributed by atoms with Crippen LogP contribution in [0.25, 0.3) is 0 Å². The zero-order valence-corrected chi connectivity index (χ0v) is 17.8. The second kappa shape index (κ2) is 11.2. The first-order chi connectivity index (χ1) is 14.0. The Labute approximate surface area is 176 Å². The van der Waals surface area contributed by atoms with Crippen LogP contribution in [-0.4, -0.2) is 35.2 Å². The van der Waals surface area contributed by atoms with Crippen LogP contribution in [0.1, 0.15) is 32.3 Å². The quantitative estimate of drug-likeness (QED) is 0.331. The third-order valence-electron chi connectivity index (χ3n) is 4.17. The van der Waals surface area contributed by atoms with Gasteiger partial charge in [-0.25, -0.2) is 0 Å². The van der Waals surface area contributed by atoms with Crippen molar-refractivity contribution in [1.29, 1.82) is 0 Å². The fourth-order valence-electron chi connectivity index (χ4n) is 2.75. The highest BCUT2D eigenvalue weighted by atomic mass is 32.1. The highest BCUT2D eigenvalue weighted by molar-refractivity contribution is 7.80. The lowest BCUT2D eigenvalue weighted by molar-refractivity contribution is -0.384. The van der Waals surface area contributed by atoms with Crippen molar-refractivity contribution in [3.8, 4) is 11.5 Å². The lowest BCUT2D eigenvalue weighted by atomic mass is 10.2. The molecule has 0 heterocycles. The highest BCUT2D eigenvalue weighted by Crippen LogP contribution is 2.29. The minimum Gasteiger partial charge on any atom is -0.493 e. The molecule has 0 amide bonds. The summed E-state index contributed by atoms with van der Waals surface area (Å²) in [6, 6.07) is 12.1. The number of nitrogens with one attached hydrogen (secondary N) is 1. The molecule has 0 spiro atoms. The normalized spacial score (nSPS) is 10.3. The molecule has 0 bridgehead atoms. The predicted octanol–water partition coefficient (Wildman–Crippen LogP) is 5.00. The number of hydrogen-bond acceptors (Lipinski definition) is 5. The number of benzene rings is 2. The van der Waals surface area contributed by atoms with Gasteiger partial charge in [0.15, 0.2) is 16.6 Å². The van der Waals surface area contributed by atoms with Gasteiger partial charge in [-0.05, 0) is 54.9 Å². The molecule has 1 N–H and O–H groups in total. The SMILES string of the molecule is CCCOc1ccc(CN(CCC)C(=S)Nc2ccc([N+](=O)[O-])cc2)cc1OC. The van der Waals surface area contributed by atoms with E-state index >= 15 is 0 Å². The van der Waals surface area contributed by atoms with Gasteiger partial charge < -0.3 is 19.7 Å². The molecule has 2 aromatic rings. The molecule has 8 heteroatoms. The summed E-state index contributed by atoms with van der Waals surface area (Å²) in [7, 11) is 1.63. The van der Waals surface area contributed by atoms with Crippen LogP contribution in [0.4, 0.5) is 11.4 Å². The fourth-order valence-corrected chi connectivity index (χ4v) is 3.03. The van der Waals surface area contributed by atoms with E-state index in [9.17, 15) is 10.1 Å². The Hall–Kier alpha value is -2.87. The molecule has 0 unspecified atom stereocenters. The van der Waals surface area contributed by atoms with E-state index in [1.807, 2.05) is 18.2 Å². The standard InChI is InChI=1S/C21H27N3O4S/c1-4-12-23(21(29)22-17-7-9-18(10-8-17)24(25)26)15-16-6-11-19(28-13-5-2)20(14-16)27-3/h6-11,14H,4-5,12-13,15H2,1-3H3,(H,22,29). The summed E-state index contributed by atoms with van der Waals surface area (Å²) in [5.74, 6) is 1.42. The topological polar surface area (TPSA) is 76.9 Å². The van der Waals surface area contributed by atoms with E-state index in [2.05, 4.69) is 24.1 Å². The molecule has 7 nitrogen and oxygen atoms in total. The summed E-state index contributed by atoms with van der Waals surface area (Å²) < 4.78 is 11.2. The summed E-state index contributed by atoms with van der Waals surface area (Å²) in [4.78, 5) is 12.4. The van der Waals surface area contributed by atoms with Crippen LogP contribution < -0.4 is 14.8 Å². The lowest BCUT2D eigenvalue weighted by Crippen LogP contribution is -2.34. The number of methoxy groups -OCH3 is 1. The minimum atomic E-state index is -0.424. The minimum absolute atomic E-state index is 0.0457. The summed E-state index contributed by atoms with van der Waals surface area (Å²) in [5.41, 5.74) is 1.80. The van der Waals surface area contributed by atoms with E-state index in [0.717, 1.165) is 30.7 Å². The maximum absolute atomic E-state index is 10.8. The number of nitrogens with zero attached hydrogens (tertiary/aromatic N) is 2. The number of nitro groups is 1. The van der Waals surface area contributed by atoms with Crippen molar-refractivity contribution in [3.05, 3.63) is 58.1 Å². The molecule has 2 rings (SSSR count). The number of ether oxygens (including phenoxy) is 2. The van der Waals surface area contributed by atoms with Gasteiger partial charge in [-0.15, -0.1) is 0 Å². The number of anilines is 1. The van der Waals surface area contributed by atoms with Gasteiger partial charge in [0, 0.05) is 30.9 Å². The maximum atomic E-state index is 10.8. The van der Waals surface area contributed by atoms with Crippen molar-refractivity contribution < 1.29 is 14.4 Å². The summed E-state index contributed by atoms with van der Waals surface area (Å²) in [5, 5.41) is 14.5. The van der Waals surface area contributed by atoms with Gasteiger partial charge >= 0.3 is 0 Å². The molecule has 0 aliphatic rings. The Bertz CT molecular complexity index is 827. The zero-order valence-electron chi connectivity index (χ0n) is 17.0. The van der Waals surface area contributed by atoms with Crippen LogP contribution in [0.3, 0.4) is 0 Å². The second-order valence-corrected chi connectivity index (χ2v) is 6.88. The summed E-state index contributed by atoms with van der Waals surface area (Å²) >= 11 is 5.58. The Kier molecular flexibility index (Phi) is 8.67. The first-order valence-corrected chi connectivity index (χ1v) is 9.99. The predicted molar refractivity (Wildman–Crippen MR) is 119 cm³/mol. The molecule has 0 aromatic heterocycles. The lowest BCUT2D eigenvalue weighted by Gasteiger charge is -2.26. The number of hydrogen-bond donors (Lipinski definition) is 1. The van der Waals surface area contributed by atoms with Crippen molar-refractivity contribution in [3.63, 3.8) is 0 Å². The Balaban J connectivity index is 2.10. The molecule has 0 radical (unpaired) electrons. The monoisotopic (exact) mass is 417 g/mol. The Morgan fingerprint density at radius 1 is 1.14 bits per heavy atom. The van der Waals surface area contributed by atoms with Crippen LogP contribution in [0.2, 0.25) is 0 Å². The van der Waals surface area contributed by atoms with E-state index in [1.165, 1.54) is 12.1 Å². The first kappa shape index (κ1) is 22.4. The van der Waals surface area contributed by atoms with Gasteiger partial charge in [0.25, 0.3) is 5.69 Å². The van der Waals surface area contributed by atoms with Crippen LogP contribution in [0.15, 0.2) is 42.5 Å². The van der Waals surface area contributed by atoms with Gasteiger partial charge in [0.05, 0.1) is 18.6 Å². The van der Waals surface area contributed by atoms with Crippen LogP contribution in [0.5, 0.6) is 11.5 Å². The van der Waals surface area contributed by atoms with Crippen molar-refractivity contribution >= 4 is 28.7 Å². The molecule has 0 fully saturated rings. The van der Waals surface area contributed by atoms with Crippen molar-refractivity contribution in [2.45, 2.75) is 33.2 Å². The van der Waals surface area contributed by atoms with Crippen molar-refractivity contribution in [2.75, 3.05) is 25.6 Å². The molecule has 0 aliphatic heterocycles. The molecule has 0 saturated heterocycles. The summed E-state index contributed by atoms with van der Waals surface area (Å²) in [6.07, 6.45) is 1.86. The van der Waals surface area contributed by atoms with Gasteiger partial charge in [0.1, 0.15) is 0 Å². The molecule has 0 atom stereocenters.